The van der Waals surface area contributed by atoms with E-state index in [1.165, 1.54) is 23.5 Å². The lowest BCUT2D eigenvalue weighted by Crippen LogP contribution is -2.27. The van der Waals surface area contributed by atoms with Crippen LogP contribution in [0.4, 0.5) is 14.9 Å². The van der Waals surface area contributed by atoms with Crippen molar-refractivity contribution in [3.8, 4) is 10.6 Å². The van der Waals surface area contributed by atoms with E-state index in [1.807, 2.05) is 5.38 Å². The first-order chi connectivity index (χ1) is 9.35. The summed E-state index contributed by atoms with van der Waals surface area (Å²) in [6.45, 7) is 5.23. The van der Waals surface area contributed by atoms with Crippen molar-refractivity contribution in [3.63, 3.8) is 0 Å². The number of benzene rings is 1. The highest BCUT2D eigenvalue weighted by Crippen LogP contribution is 2.26. The molecule has 0 radical (unpaired) electrons. The summed E-state index contributed by atoms with van der Waals surface area (Å²) in [5, 5.41) is 4.93. The molecule has 0 aliphatic carbocycles. The number of halogens is 1. The van der Waals surface area contributed by atoms with Crippen LogP contribution < -0.4 is 5.32 Å². The maximum Gasteiger partial charge on any atom is 0.412 e. The minimum Gasteiger partial charge on any atom is -0.444 e. The van der Waals surface area contributed by atoms with Crippen molar-refractivity contribution in [1.82, 2.24) is 4.98 Å². The quantitative estimate of drug-likeness (QED) is 0.898. The van der Waals surface area contributed by atoms with Crippen molar-refractivity contribution in [3.05, 3.63) is 35.6 Å². The number of anilines is 1. The van der Waals surface area contributed by atoms with E-state index in [4.69, 9.17) is 4.74 Å². The molecule has 0 atom stereocenters. The Balaban J connectivity index is 2.13. The van der Waals surface area contributed by atoms with Crippen LogP contribution in [0.25, 0.3) is 10.6 Å². The molecule has 0 saturated carbocycles. The number of ether oxygens (including phenoxy) is 1. The summed E-state index contributed by atoms with van der Waals surface area (Å²) in [6, 6.07) is 4.54. The van der Waals surface area contributed by atoms with Gasteiger partial charge in [-0.3, -0.25) is 5.32 Å². The fourth-order valence-electron chi connectivity index (χ4n) is 1.53. The summed E-state index contributed by atoms with van der Waals surface area (Å²) < 4.78 is 19.0. The van der Waals surface area contributed by atoms with Gasteiger partial charge in [0.2, 0.25) is 0 Å². The third-order valence-corrected chi connectivity index (χ3v) is 3.11. The first-order valence-electron chi connectivity index (χ1n) is 6.04. The van der Waals surface area contributed by atoms with Gasteiger partial charge in [-0.2, -0.15) is 0 Å². The van der Waals surface area contributed by atoms with Gasteiger partial charge in [0.25, 0.3) is 0 Å². The fourth-order valence-corrected chi connectivity index (χ4v) is 2.16. The number of carbonyl (C=O) groups is 1. The third kappa shape index (κ3) is 3.77. The van der Waals surface area contributed by atoms with Crippen LogP contribution in [0.15, 0.2) is 29.8 Å². The Labute approximate surface area is 120 Å². The molecule has 20 heavy (non-hydrogen) atoms. The molecule has 1 N–H and O–H groups in total. The molecule has 0 spiro atoms. The smallest absolute Gasteiger partial charge is 0.412 e. The minimum absolute atomic E-state index is 0.0829. The highest BCUT2D eigenvalue weighted by molar-refractivity contribution is 7.13. The number of nitrogens with zero attached hydrogens (tertiary/aromatic N) is 1. The fraction of sp³-hybridized carbons (Fsp3) is 0.286. The normalized spacial score (nSPS) is 11.2. The molecule has 0 saturated heterocycles. The molecule has 1 amide bonds. The summed E-state index contributed by atoms with van der Waals surface area (Å²) >= 11 is 1.42. The van der Waals surface area contributed by atoms with Crippen LogP contribution in [0.2, 0.25) is 0 Å². The van der Waals surface area contributed by atoms with Crippen LogP contribution in [0.1, 0.15) is 20.8 Å². The van der Waals surface area contributed by atoms with Gasteiger partial charge in [0.15, 0.2) is 0 Å². The van der Waals surface area contributed by atoms with E-state index in [0.717, 1.165) is 5.01 Å². The van der Waals surface area contributed by atoms with Crippen molar-refractivity contribution < 1.29 is 13.9 Å². The Morgan fingerprint density at radius 2 is 2.15 bits per heavy atom. The van der Waals surface area contributed by atoms with Crippen molar-refractivity contribution >= 4 is 23.1 Å². The zero-order valence-electron chi connectivity index (χ0n) is 11.4. The predicted molar refractivity (Wildman–Crippen MR) is 77.4 cm³/mol. The lowest BCUT2D eigenvalue weighted by molar-refractivity contribution is 0.0635. The molecule has 106 valence electrons. The first-order valence-corrected chi connectivity index (χ1v) is 6.92. The standard InChI is InChI=1S/C14H15FN2O2S/c1-14(2,3)19-13(18)17-11-5-4-9(8-10(11)15)12-16-6-7-20-12/h4-8H,1-3H3,(H,17,18). The number of rotatable bonds is 2. The lowest BCUT2D eigenvalue weighted by Gasteiger charge is -2.19. The average Bonchev–Trinajstić information content (AvgIpc) is 2.82. The molecular formula is C14H15FN2O2S. The van der Waals surface area contributed by atoms with Crippen LogP contribution in [0.3, 0.4) is 0 Å². The molecule has 1 aromatic heterocycles. The second kappa shape index (κ2) is 5.58. The SMILES string of the molecule is CC(C)(C)OC(=O)Nc1ccc(-c2nccs2)cc1F. The molecule has 0 aliphatic rings. The molecule has 0 aliphatic heterocycles. The van der Waals surface area contributed by atoms with Crippen LogP contribution in [-0.2, 0) is 4.74 Å². The van der Waals surface area contributed by atoms with Gasteiger partial charge in [-0.05, 0) is 39.0 Å². The number of hydrogen-bond acceptors (Lipinski definition) is 4. The Morgan fingerprint density at radius 1 is 1.40 bits per heavy atom. The van der Waals surface area contributed by atoms with Gasteiger partial charge >= 0.3 is 6.09 Å². The van der Waals surface area contributed by atoms with Gasteiger partial charge in [-0.15, -0.1) is 11.3 Å². The van der Waals surface area contributed by atoms with E-state index in [0.29, 0.717) is 5.56 Å². The van der Waals surface area contributed by atoms with Gasteiger partial charge in [0.05, 0.1) is 5.69 Å². The maximum atomic E-state index is 13.9. The summed E-state index contributed by atoms with van der Waals surface area (Å²) in [5.74, 6) is -0.524. The lowest BCUT2D eigenvalue weighted by atomic mass is 10.2. The molecule has 2 rings (SSSR count). The van der Waals surface area contributed by atoms with Crippen molar-refractivity contribution in [2.24, 2.45) is 0 Å². The number of aromatic nitrogens is 1. The van der Waals surface area contributed by atoms with E-state index in [2.05, 4.69) is 10.3 Å². The number of thiazole rings is 1. The Kier molecular flexibility index (Phi) is 4.04. The number of nitrogens with one attached hydrogen (secondary N) is 1. The molecule has 1 aromatic carbocycles. The molecule has 6 heteroatoms. The van der Waals surface area contributed by atoms with E-state index >= 15 is 0 Å². The zero-order valence-corrected chi connectivity index (χ0v) is 12.3. The molecular weight excluding hydrogens is 279 g/mol. The molecule has 0 fully saturated rings. The Hall–Kier alpha value is -1.95. The van der Waals surface area contributed by atoms with E-state index < -0.39 is 17.5 Å². The van der Waals surface area contributed by atoms with Gasteiger partial charge in [0, 0.05) is 17.1 Å². The topological polar surface area (TPSA) is 51.2 Å². The largest absolute Gasteiger partial charge is 0.444 e. The molecule has 2 aromatic rings. The third-order valence-electron chi connectivity index (χ3n) is 2.28. The van der Waals surface area contributed by atoms with Gasteiger partial charge in [0.1, 0.15) is 16.4 Å². The van der Waals surface area contributed by atoms with Gasteiger partial charge < -0.3 is 4.74 Å². The van der Waals surface area contributed by atoms with Crippen LogP contribution in [0, 0.1) is 5.82 Å². The Bertz CT molecular complexity index is 606. The summed E-state index contributed by atoms with van der Waals surface area (Å²) in [5.41, 5.74) is 0.133. The average molecular weight is 294 g/mol. The molecule has 1 heterocycles. The summed E-state index contributed by atoms with van der Waals surface area (Å²) in [7, 11) is 0. The molecule has 4 nitrogen and oxygen atoms in total. The number of amides is 1. The monoisotopic (exact) mass is 294 g/mol. The predicted octanol–water partition coefficient (Wildman–Crippen LogP) is 4.30. The second-order valence-electron chi connectivity index (χ2n) is 5.16. The number of hydrogen-bond donors (Lipinski definition) is 1. The first kappa shape index (κ1) is 14.5. The second-order valence-corrected chi connectivity index (χ2v) is 6.05. The highest BCUT2D eigenvalue weighted by Gasteiger charge is 2.17. The van der Waals surface area contributed by atoms with E-state index in [-0.39, 0.29) is 5.69 Å². The molecule has 0 unspecified atom stereocenters. The van der Waals surface area contributed by atoms with Crippen LogP contribution in [0.5, 0.6) is 0 Å². The van der Waals surface area contributed by atoms with Gasteiger partial charge in [-0.1, -0.05) is 0 Å². The summed E-state index contributed by atoms with van der Waals surface area (Å²) in [4.78, 5) is 15.7. The van der Waals surface area contributed by atoms with Crippen molar-refractivity contribution in [2.75, 3.05) is 5.32 Å². The Morgan fingerprint density at radius 3 is 2.70 bits per heavy atom. The highest BCUT2D eigenvalue weighted by atomic mass is 32.1. The van der Waals surface area contributed by atoms with Gasteiger partial charge in [-0.25, -0.2) is 14.2 Å². The molecule has 0 bridgehead atoms. The zero-order chi connectivity index (χ0) is 14.8. The van der Waals surface area contributed by atoms with Crippen molar-refractivity contribution in [1.29, 1.82) is 0 Å². The van der Waals surface area contributed by atoms with E-state index in [1.54, 1.807) is 33.0 Å². The van der Waals surface area contributed by atoms with E-state index in [9.17, 15) is 9.18 Å². The van der Waals surface area contributed by atoms with Crippen LogP contribution in [-0.4, -0.2) is 16.7 Å². The summed E-state index contributed by atoms with van der Waals surface area (Å²) in [6.07, 6.45) is 0.975. The maximum absolute atomic E-state index is 13.9. The van der Waals surface area contributed by atoms with Crippen molar-refractivity contribution in [2.45, 2.75) is 26.4 Å². The number of carbonyl (C=O) groups excluding carboxylic acids is 1. The van der Waals surface area contributed by atoms with Crippen LogP contribution >= 0.6 is 11.3 Å². The minimum atomic E-state index is -0.682.